The number of nitrogen functional groups attached to an aromatic ring is 1. The number of carbonyl (C=O) groups excluding carboxylic acids is 1. The van der Waals surface area contributed by atoms with Crippen LogP contribution >= 0.6 is 11.3 Å². The molecule has 1 aromatic carbocycles. The van der Waals surface area contributed by atoms with Gasteiger partial charge in [0.1, 0.15) is 22.7 Å². The van der Waals surface area contributed by atoms with Crippen molar-refractivity contribution in [3.8, 4) is 5.75 Å². The number of aryl methyl sites for hydroxylation is 1. The maximum Gasteiger partial charge on any atom is 0.226 e. The first-order valence-electron chi connectivity index (χ1n) is 10.6. The van der Waals surface area contributed by atoms with Gasteiger partial charge in [0, 0.05) is 35.6 Å². The van der Waals surface area contributed by atoms with Gasteiger partial charge in [-0.1, -0.05) is 0 Å². The molecule has 9 heteroatoms. The van der Waals surface area contributed by atoms with Gasteiger partial charge in [0.25, 0.3) is 0 Å². The van der Waals surface area contributed by atoms with Gasteiger partial charge >= 0.3 is 0 Å². The molecule has 168 valence electrons. The average Bonchev–Trinajstić information content (AvgIpc) is 3.17. The van der Waals surface area contributed by atoms with E-state index >= 15 is 0 Å². The lowest BCUT2D eigenvalue weighted by molar-refractivity contribution is -0.136. The van der Waals surface area contributed by atoms with Crippen molar-refractivity contribution in [2.75, 3.05) is 25.2 Å². The van der Waals surface area contributed by atoms with Crippen LogP contribution in [0, 0.1) is 5.92 Å². The molecule has 5 N–H and O–H groups in total. The summed E-state index contributed by atoms with van der Waals surface area (Å²) in [4.78, 5) is 25.9. The monoisotopic (exact) mass is 453 g/mol. The highest BCUT2D eigenvalue weighted by atomic mass is 32.1. The summed E-state index contributed by atoms with van der Waals surface area (Å²) in [5, 5.41) is 10.1. The lowest BCUT2D eigenvalue weighted by atomic mass is 9.86. The summed E-state index contributed by atoms with van der Waals surface area (Å²) < 4.78 is 5.51. The van der Waals surface area contributed by atoms with Crippen LogP contribution in [-0.4, -0.2) is 47.2 Å². The van der Waals surface area contributed by atoms with E-state index in [4.69, 9.17) is 15.9 Å². The van der Waals surface area contributed by atoms with Crippen LogP contribution in [0.15, 0.2) is 18.5 Å². The van der Waals surface area contributed by atoms with E-state index in [1.807, 2.05) is 31.9 Å². The first kappa shape index (κ1) is 22.0. The molecular weight excluding hydrogens is 424 g/mol. The fourth-order valence-corrected chi connectivity index (χ4v) is 5.38. The Labute approximate surface area is 191 Å². The van der Waals surface area contributed by atoms with Gasteiger partial charge < -0.3 is 20.7 Å². The number of hydrogen-bond acceptors (Lipinski definition) is 7. The Morgan fingerprint density at radius 3 is 2.88 bits per heavy atom. The van der Waals surface area contributed by atoms with Crippen LogP contribution in [0.5, 0.6) is 5.75 Å². The van der Waals surface area contributed by atoms with Gasteiger partial charge in [-0.15, -0.1) is 11.3 Å². The van der Waals surface area contributed by atoms with E-state index in [2.05, 4.69) is 15.3 Å². The highest BCUT2D eigenvalue weighted by Gasteiger charge is 2.31. The molecule has 0 saturated carbocycles. The number of benzene rings is 1. The lowest BCUT2D eigenvalue weighted by Gasteiger charge is -2.29. The molecule has 4 rings (SSSR count). The molecule has 0 spiro atoms. The number of fused-ring (bicyclic) bond motifs is 3. The van der Waals surface area contributed by atoms with Crippen LogP contribution in [0.25, 0.3) is 10.2 Å². The Balaban J connectivity index is 1.70. The van der Waals surface area contributed by atoms with E-state index < -0.39 is 0 Å². The topological polar surface area (TPSA) is 119 Å². The minimum Gasteiger partial charge on any atom is -0.494 e. The van der Waals surface area contributed by atoms with Crippen molar-refractivity contribution in [1.82, 2.24) is 14.9 Å². The summed E-state index contributed by atoms with van der Waals surface area (Å²) in [6.07, 6.45) is 5.40. The number of nitrogens with two attached hydrogens (primary N) is 2. The number of ether oxygens (including phenoxy) is 1. The molecule has 0 aliphatic heterocycles. The Kier molecular flexibility index (Phi) is 6.01. The Morgan fingerprint density at radius 1 is 1.41 bits per heavy atom. The maximum atomic E-state index is 12.9. The molecule has 0 unspecified atom stereocenters. The predicted octanol–water partition coefficient (Wildman–Crippen LogP) is 2.18. The molecule has 0 radical (unpaired) electrons. The van der Waals surface area contributed by atoms with E-state index in [1.165, 1.54) is 16.7 Å². The summed E-state index contributed by atoms with van der Waals surface area (Å²) in [5.41, 5.74) is 9.24. The van der Waals surface area contributed by atoms with Crippen molar-refractivity contribution in [2.45, 2.75) is 39.2 Å². The van der Waals surface area contributed by atoms with Gasteiger partial charge in [0.2, 0.25) is 5.91 Å². The van der Waals surface area contributed by atoms with Crippen LogP contribution in [0.4, 0.5) is 17.2 Å². The van der Waals surface area contributed by atoms with Gasteiger partial charge in [-0.3, -0.25) is 10.2 Å². The number of carbonyl (C=O) groups is 1. The van der Waals surface area contributed by atoms with Crippen molar-refractivity contribution < 1.29 is 14.9 Å². The molecule has 0 bridgehead atoms. The molecular formula is C23H29N6O2S+. The summed E-state index contributed by atoms with van der Waals surface area (Å²) in [7, 11) is 3.48. The summed E-state index contributed by atoms with van der Waals surface area (Å²) >= 11 is 1.65. The van der Waals surface area contributed by atoms with Crippen molar-refractivity contribution in [3.05, 3.63) is 34.5 Å². The number of methoxy groups -OCH3 is 1. The molecule has 2 heterocycles. The zero-order valence-electron chi connectivity index (χ0n) is 18.8. The van der Waals surface area contributed by atoms with Crippen LogP contribution < -0.4 is 21.2 Å². The van der Waals surface area contributed by atoms with E-state index in [0.717, 1.165) is 35.2 Å². The predicted molar refractivity (Wildman–Crippen MR) is 129 cm³/mol. The first-order valence-corrected chi connectivity index (χ1v) is 11.5. The largest absolute Gasteiger partial charge is 0.494 e. The van der Waals surface area contributed by atoms with Crippen LogP contribution in [-0.2, 0) is 17.6 Å². The Morgan fingerprint density at radius 2 is 2.19 bits per heavy atom. The number of nitrogens with zero attached hydrogens (tertiary/aromatic N) is 3. The van der Waals surface area contributed by atoms with Crippen molar-refractivity contribution in [1.29, 1.82) is 0 Å². The fourth-order valence-electron chi connectivity index (χ4n) is 4.11. The molecule has 0 saturated heterocycles. The summed E-state index contributed by atoms with van der Waals surface area (Å²) in [6.45, 7) is 4.08. The molecule has 1 atom stereocenters. The lowest BCUT2D eigenvalue weighted by Crippen LogP contribution is -2.39. The SMILES string of the molecule is COc1cc(N)c(C=[NH2+])cc1Nc1ncnc2sc3c(c12)CC[C@H](C(=O)N(C)C(C)C)C3. The van der Waals surface area contributed by atoms with Gasteiger partial charge in [0.15, 0.2) is 6.21 Å². The number of thiophene rings is 1. The Bertz CT molecular complexity index is 1190. The third kappa shape index (κ3) is 3.88. The number of nitrogens with one attached hydrogen (secondary N) is 1. The molecule has 2 aromatic heterocycles. The molecule has 0 fully saturated rings. The highest BCUT2D eigenvalue weighted by Crippen LogP contribution is 2.41. The quantitative estimate of drug-likeness (QED) is 0.389. The van der Waals surface area contributed by atoms with Crippen molar-refractivity contribution in [2.24, 2.45) is 5.92 Å². The summed E-state index contributed by atoms with van der Waals surface area (Å²) in [6, 6.07) is 3.78. The second-order valence-electron chi connectivity index (χ2n) is 8.36. The normalized spacial score (nSPS) is 15.5. The molecule has 1 aliphatic rings. The van der Waals surface area contributed by atoms with E-state index in [9.17, 15) is 4.79 Å². The van der Waals surface area contributed by atoms with Gasteiger partial charge in [0.05, 0.1) is 23.7 Å². The van der Waals surface area contributed by atoms with Gasteiger partial charge in [-0.05, 0) is 44.7 Å². The Hall–Kier alpha value is -3.20. The molecule has 8 nitrogen and oxygen atoms in total. The van der Waals surface area contributed by atoms with Crippen LogP contribution in [0.2, 0.25) is 0 Å². The fraction of sp³-hybridized carbons (Fsp3) is 0.391. The van der Waals surface area contributed by atoms with Crippen LogP contribution in [0.1, 0.15) is 36.3 Å². The number of aromatic nitrogens is 2. The number of rotatable bonds is 6. The zero-order valence-corrected chi connectivity index (χ0v) is 19.6. The molecule has 32 heavy (non-hydrogen) atoms. The van der Waals surface area contributed by atoms with Gasteiger partial charge in [-0.2, -0.15) is 0 Å². The van der Waals surface area contributed by atoms with Gasteiger partial charge in [-0.25, -0.2) is 9.97 Å². The van der Waals surface area contributed by atoms with E-state index in [1.54, 1.807) is 30.8 Å². The second kappa shape index (κ2) is 8.74. The van der Waals surface area contributed by atoms with Crippen molar-refractivity contribution in [3.63, 3.8) is 0 Å². The number of anilines is 3. The highest BCUT2D eigenvalue weighted by molar-refractivity contribution is 7.19. The minimum atomic E-state index is 0.00664. The average molecular weight is 454 g/mol. The zero-order chi connectivity index (χ0) is 23.0. The smallest absolute Gasteiger partial charge is 0.226 e. The van der Waals surface area contributed by atoms with E-state index in [0.29, 0.717) is 22.8 Å². The maximum absolute atomic E-state index is 12.9. The standard InChI is InChI=1S/C23H28N6O2S/c1-12(2)29(3)23(30)13-5-6-15-19(8-13)32-22-20(15)21(26-11-27-22)28-17-7-14(10-24)16(25)9-18(17)31-4/h7,9-13,24H,5-6,8,25H2,1-4H3,(H,26,27,28)/p+1/t13-/m0/s1. The first-order chi connectivity index (χ1) is 15.3. The van der Waals surface area contributed by atoms with Crippen LogP contribution in [0.3, 0.4) is 0 Å². The minimum absolute atomic E-state index is 0.00664. The summed E-state index contributed by atoms with van der Waals surface area (Å²) in [5.74, 6) is 1.53. The molecule has 1 aliphatic carbocycles. The van der Waals surface area contributed by atoms with E-state index in [-0.39, 0.29) is 17.9 Å². The number of amides is 1. The third-order valence-corrected chi connectivity index (χ3v) is 7.32. The molecule has 1 amide bonds. The number of hydrogen-bond donors (Lipinski definition) is 3. The molecule has 3 aromatic rings. The second-order valence-corrected chi connectivity index (χ2v) is 9.45. The third-order valence-electron chi connectivity index (χ3n) is 6.15. The van der Waals surface area contributed by atoms with Crippen molar-refractivity contribution >= 4 is 50.9 Å².